The Balaban J connectivity index is 1.93. The summed E-state index contributed by atoms with van der Waals surface area (Å²) in [6.07, 6.45) is 0.929. The molecular formula is C18H18ClNO. The highest BCUT2D eigenvalue weighted by Crippen LogP contribution is 2.34. The third-order valence-electron chi connectivity index (χ3n) is 4.23. The third-order valence-corrected chi connectivity index (χ3v) is 4.48. The highest BCUT2D eigenvalue weighted by molar-refractivity contribution is 6.30. The first-order chi connectivity index (χ1) is 10.00. The van der Waals surface area contributed by atoms with Gasteiger partial charge in [0.1, 0.15) is 0 Å². The van der Waals surface area contributed by atoms with Gasteiger partial charge < -0.3 is 4.90 Å². The molecule has 0 saturated heterocycles. The van der Waals surface area contributed by atoms with Gasteiger partial charge in [0.05, 0.1) is 5.41 Å². The highest BCUT2D eigenvalue weighted by atomic mass is 35.5. The second kappa shape index (κ2) is 5.19. The van der Waals surface area contributed by atoms with Crippen LogP contribution in [0.5, 0.6) is 0 Å². The molecule has 2 nitrogen and oxygen atoms in total. The number of benzene rings is 2. The van der Waals surface area contributed by atoms with Crippen molar-refractivity contribution in [2.45, 2.75) is 25.7 Å². The second-order valence-electron chi connectivity index (χ2n) is 5.97. The summed E-state index contributed by atoms with van der Waals surface area (Å²) in [5.41, 5.74) is 2.71. The molecule has 0 fully saturated rings. The lowest BCUT2D eigenvalue weighted by Crippen LogP contribution is -2.42. The van der Waals surface area contributed by atoms with Crippen molar-refractivity contribution in [3.8, 4) is 0 Å². The molecule has 0 bridgehead atoms. The summed E-state index contributed by atoms with van der Waals surface area (Å²) in [6.45, 7) is 4.70. The molecule has 0 radical (unpaired) electrons. The Morgan fingerprint density at radius 1 is 1.10 bits per heavy atom. The number of fused-ring (bicyclic) bond motifs is 1. The minimum absolute atomic E-state index is 0.134. The van der Waals surface area contributed by atoms with Crippen molar-refractivity contribution in [1.29, 1.82) is 0 Å². The second-order valence-corrected chi connectivity index (χ2v) is 6.40. The lowest BCUT2D eigenvalue weighted by atomic mass is 9.83. The molecule has 2 aromatic rings. The van der Waals surface area contributed by atoms with Crippen molar-refractivity contribution < 1.29 is 4.79 Å². The minimum atomic E-state index is -0.567. The van der Waals surface area contributed by atoms with Crippen LogP contribution in [-0.4, -0.2) is 12.5 Å². The fraction of sp³-hybridized carbons (Fsp3) is 0.278. The molecule has 2 aromatic carbocycles. The average molecular weight is 300 g/mol. The number of nitrogens with zero attached hydrogens (tertiary/aromatic N) is 1. The highest BCUT2D eigenvalue weighted by Gasteiger charge is 2.36. The number of carbonyl (C=O) groups is 1. The molecule has 1 amide bonds. The van der Waals surface area contributed by atoms with Crippen molar-refractivity contribution >= 4 is 23.2 Å². The number of amides is 1. The standard InChI is InChI=1S/C18H18ClNO/c1-18(2,14-7-9-15(19)10-8-14)17(21)20-12-11-13-5-3-4-6-16(13)20/h3-10H,11-12H2,1-2H3. The predicted molar refractivity (Wildman–Crippen MR) is 87.0 cm³/mol. The average Bonchev–Trinajstić information content (AvgIpc) is 2.90. The first kappa shape index (κ1) is 14.2. The van der Waals surface area contributed by atoms with Crippen molar-refractivity contribution in [2.75, 3.05) is 11.4 Å². The summed E-state index contributed by atoms with van der Waals surface area (Å²) in [7, 11) is 0. The third kappa shape index (κ3) is 2.44. The van der Waals surface area contributed by atoms with E-state index < -0.39 is 5.41 Å². The number of para-hydroxylation sites is 1. The summed E-state index contributed by atoms with van der Waals surface area (Å²) in [4.78, 5) is 14.9. The summed E-state index contributed by atoms with van der Waals surface area (Å²) in [5, 5.41) is 0.688. The van der Waals surface area contributed by atoms with Gasteiger partial charge >= 0.3 is 0 Å². The van der Waals surface area contributed by atoms with E-state index in [2.05, 4.69) is 6.07 Å². The zero-order valence-corrected chi connectivity index (χ0v) is 13.0. The van der Waals surface area contributed by atoms with Gasteiger partial charge in [0.2, 0.25) is 5.91 Å². The van der Waals surface area contributed by atoms with Crippen LogP contribution < -0.4 is 4.90 Å². The summed E-state index contributed by atoms with van der Waals surface area (Å²) < 4.78 is 0. The molecule has 3 rings (SSSR count). The molecule has 108 valence electrons. The maximum atomic E-state index is 13.0. The van der Waals surface area contributed by atoms with Crippen LogP contribution in [0.3, 0.4) is 0 Å². The Hall–Kier alpha value is -1.80. The summed E-state index contributed by atoms with van der Waals surface area (Å²) >= 11 is 5.94. The number of hydrogen-bond donors (Lipinski definition) is 0. The maximum absolute atomic E-state index is 13.0. The lowest BCUT2D eigenvalue weighted by molar-refractivity contribution is -0.122. The van der Waals surface area contributed by atoms with E-state index in [4.69, 9.17) is 11.6 Å². The van der Waals surface area contributed by atoms with Gasteiger partial charge in [-0.2, -0.15) is 0 Å². The zero-order valence-electron chi connectivity index (χ0n) is 12.3. The van der Waals surface area contributed by atoms with E-state index in [1.807, 2.05) is 61.2 Å². The van der Waals surface area contributed by atoms with Crippen LogP contribution in [0.2, 0.25) is 5.02 Å². The Kier molecular flexibility index (Phi) is 3.50. The lowest BCUT2D eigenvalue weighted by Gasteiger charge is -2.30. The molecular weight excluding hydrogens is 282 g/mol. The van der Waals surface area contributed by atoms with Crippen LogP contribution in [-0.2, 0) is 16.6 Å². The molecule has 0 aliphatic carbocycles. The molecule has 0 saturated carbocycles. The summed E-state index contributed by atoms with van der Waals surface area (Å²) in [6, 6.07) is 15.7. The van der Waals surface area contributed by atoms with Gasteiger partial charge in [0.15, 0.2) is 0 Å². The zero-order chi connectivity index (χ0) is 15.0. The summed E-state index contributed by atoms with van der Waals surface area (Å²) in [5.74, 6) is 0.134. The predicted octanol–water partition coefficient (Wildman–Crippen LogP) is 4.21. The maximum Gasteiger partial charge on any atom is 0.237 e. The number of halogens is 1. The van der Waals surface area contributed by atoms with Gasteiger partial charge in [-0.1, -0.05) is 41.9 Å². The fourth-order valence-electron chi connectivity index (χ4n) is 2.88. The first-order valence-corrected chi connectivity index (χ1v) is 7.54. The molecule has 1 aliphatic rings. The number of hydrogen-bond acceptors (Lipinski definition) is 1. The van der Waals surface area contributed by atoms with E-state index in [-0.39, 0.29) is 5.91 Å². The Morgan fingerprint density at radius 3 is 2.48 bits per heavy atom. The van der Waals surface area contributed by atoms with E-state index in [1.54, 1.807) is 0 Å². The van der Waals surface area contributed by atoms with Gasteiger partial charge in [-0.05, 0) is 49.6 Å². The molecule has 21 heavy (non-hydrogen) atoms. The van der Waals surface area contributed by atoms with Crippen molar-refractivity contribution in [1.82, 2.24) is 0 Å². The first-order valence-electron chi connectivity index (χ1n) is 7.16. The monoisotopic (exact) mass is 299 g/mol. The van der Waals surface area contributed by atoms with Crippen molar-refractivity contribution in [3.05, 3.63) is 64.7 Å². The van der Waals surface area contributed by atoms with Gasteiger partial charge in [-0.25, -0.2) is 0 Å². The molecule has 0 unspecified atom stereocenters. The van der Waals surface area contributed by atoms with Crippen LogP contribution in [0.25, 0.3) is 0 Å². The van der Waals surface area contributed by atoms with Crippen LogP contribution in [0.1, 0.15) is 25.0 Å². The molecule has 1 aliphatic heterocycles. The molecule has 3 heteroatoms. The Morgan fingerprint density at radius 2 is 1.76 bits per heavy atom. The van der Waals surface area contributed by atoms with Gasteiger partial charge in [0.25, 0.3) is 0 Å². The normalized spacial score (nSPS) is 14.1. The van der Waals surface area contributed by atoms with Gasteiger partial charge in [-0.15, -0.1) is 0 Å². The largest absolute Gasteiger partial charge is 0.311 e. The molecule has 0 spiro atoms. The number of carbonyl (C=O) groups excluding carboxylic acids is 1. The van der Waals surface area contributed by atoms with Crippen LogP contribution in [0, 0.1) is 0 Å². The van der Waals surface area contributed by atoms with Crippen molar-refractivity contribution in [2.24, 2.45) is 0 Å². The topological polar surface area (TPSA) is 20.3 Å². The number of anilines is 1. The molecule has 0 aromatic heterocycles. The van der Waals surface area contributed by atoms with Gasteiger partial charge in [-0.3, -0.25) is 4.79 Å². The van der Waals surface area contributed by atoms with Crippen LogP contribution >= 0.6 is 11.6 Å². The Labute approximate surface area is 130 Å². The van der Waals surface area contributed by atoms with E-state index in [0.29, 0.717) is 5.02 Å². The van der Waals surface area contributed by atoms with E-state index in [0.717, 1.165) is 24.2 Å². The molecule has 0 N–H and O–H groups in total. The van der Waals surface area contributed by atoms with E-state index in [9.17, 15) is 4.79 Å². The van der Waals surface area contributed by atoms with E-state index >= 15 is 0 Å². The van der Waals surface area contributed by atoms with E-state index in [1.165, 1.54) is 5.56 Å². The fourth-order valence-corrected chi connectivity index (χ4v) is 3.00. The quantitative estimate of drug-likeness (QED) is 0.813. The molecule has 1 heterocycles. The minimum Gasteiger partial charge on any atom is -0.311 e. The SMILES string of the molecule is CC(C)(C(=O)N1CCc2ccccc21)c1ccc(Cl)cc1. The smallest absolute Gasteiger partial charge is 0.237 e. The van der Waals surface area contributed by atoms with Crippen LogP contribution in [0.4, 0.5) is 5.69 Å². The Bertz CT molecular complexity index is 676. The van der Waals surface area contributed by atoms with Crippen molar-refractivity contribution in [3.63, 3.8) is 0 Å². The van der Waals surface area contributed by atoms with Gasteiger partial charge in [0, 0.05) is 17.3 Å². The number of rotatable bonds is 2. The molecule has 0 atom stereocenters. The van der Waals surface area contributed by atoms with Crippen LogP contribution in [0.15, 0.2) is 48.5 Å².